The summed E-state index contributed by atoms with van der Waals surface area (Å²) >= 11 is 0. The smallest absolute Gasteiger partial charge is 0.321 e. The predicted octanol–water partition coefficient (Wildman–Crippen LogP) is 3.33. The van der Waals surface area contributed by atoms with Gasteiger partial charge in [0.25, 0.3) is 0 Å². The molecule has 0 atom stereocenters. The second kappa shape index (κ2) is 7.15. The Kier molecular flexibility index (Phi) is 4.56. The monoisotopic (exact) mass is 353 g/mol. The first-order valence-electron chi connectivity index (χ1n) is 9.03. The molecule has 136 valence electrons. The summed E-state index contributed by atoms with van der Waals surface area (Å²) in [6, 6.07) is 13.9. The third-order valence-electron chi connectivity index (χ3n) is 4.90. The molecule has 0 radical (unpaired) electrons. The molecule has 2 aromatic carbocycles. The van der Waals surface area contributed by atoms with E-state index in [9.17, 15) is 4.79 Å². The van der Waals surface area contributed by atoms with E-state index in [2.05, 4.69) is 41.4 Å². The van der Waals surface area contributed by atoms with Crippen LogP contribution in [0.2, 0.25) is 0 Å². The Morgan fingerprint density at radius 2 is 1.81 bits per heavy atom. The minimum absolute atomic E-state index is 0.0766. The maximum absolute atomic E-state index is 12.6. The molecule has 1 fully saturated rings. The number of para-hydroxylation sites is 1. The van der Waals surface area contributed by atoms with Crippen LogP contribution in [0.5, 0.6) is 11.5 Å². The Bertz CT molecular complexity index is 801. The number of piperazine rings is 1. The van der Waals surface area contributed by atoms with Crippen molar-refractivity contribution in [2.24, 2.45) is 0 Å². The van der Waals surface area contributed by atoms with E-state index in [4.69, 9.17) is 9.47 Å². The van der Waals surface area contributed by atoms with Crippen LogP contribution in [-0.4, -0.2) is 43.9 Å². The lowest BCUT2D eigenvalue weighted by Crippen LogP contribution is -2.50. The quantitative estimate of drug-likeness (QED) is 0.920. The van der Waals surface area contributed by atoms with Gasteiger partial charge in [0.15, 0.2) is 11.5 Å². The van der Waals surface area contributed by atoms with Crippen LogP contribution in [0.4, 0.5) is 16.2 Å². The highest BCUT2D eigenvalue weighted by Gasteiger charge is 2.23. The number of aryl methyl sites for hydroxylation is 1. The van der Waals surface area contributed by atoms with Gasteiger partial charge in [-0.1, -0.05) is 25.1 Å². The van der Waals surface area contributed by atoms with Crippen molar-refractivity contribution in [2.45, 2.75) is 13.3 Å². The number of carbonyl (C=O) groups is 1. The lowest BCUT2D eigenvalue weighted by molar-refractivity contribution is 0.174. The maximum atomic E-state index is 12.6. The minimum Gasteiger partial charge on any atom is -0.454 e. The minimum atomic E-state index is -0.0766. The number of urea groups is 1. The van der Waals surface area contributed by atoms with Crippen LogP contribution < -0.4 is 19.7 Å². The molecule has 1 N–H and O–H groups in total. The van der Waals surface area contributed by atoms with E-state index >= 15 is 0 Å². The van der Waals surface area contributed by atoms with E-state index in [1.165, 1.54) is 11.3 Å². The summed E-state index contributed by atoms with van der Waals surface area (Å²) in [4.78, 5) is 16.8. The number of nitrogens with zero attached hydrogens (tertiary/aromatic N) is 2. The van der Waals surface area contributed by atoms with Gasteiger partial charge in [0, 0.05) is 43.6 Å². The number of rotatable bonds is 3. The fourth-order valence-electron chi connectivity index (χ4n) is 3.45. The van der Waals surface area contributed by atoms with Crippen LogP contribution >= 0.6 is 0 Å². The first kappa shape index (κ1) is 16.6. The van der Waals surface area contributed by atoms with Gasteiger partial charge in [-0.3, -0.25) is 0 Å². The number of amides is 2. The van der Waals surface area contributed by atoms with Crippen molar-refractivity contribution in [3.63, 3.8) is 0 Å². The Labute approximate surface area is 153 Å². The van der Waals surface area contributed by atoms with E-state index in [0.717, 1.165) is 25.2 Å². The van der Waals surface area contributed by atoms with Crippen molar-refractivity contribution in [1.82, 2.24) is 4.90 Å². The van der Waals surface area contributed by atoms with E-state index in [0.29, 0.717) is 24.6 Å². The van der Waals surface area contributed by atoms with Crippen molar-refractivity contribution in [3.8, 4) is 11.5 Å². The van der Waals surface area contributed by atoms with Crippen molar-refractivity contribution in [1.29, 1.82) is 0 Å². The Morgan fingerprint density at radius 1 is 1.04 bits per heavy atom. The van der Waals surface area contributed by atoms with E-state index in [1.54, 1.807) is 6.07 Å². The topological polar surface area (TPSA) is 54.0 Å². The average molecular weight is 353 g/mol. The largest absolute Gasteiger partial charge is 0.454 e. The fourth-order valence-corrected chi connectivity index (χ4v) is 3.45. The molecule has 4 rings (SSSR count). The molecule has 2 amide bonds. The summed E-state index contributed by atoms with van der Waals surface area (Å²) in [5, 5.41) is 2.95. The molecule has 0 unspecified atom stereocenters. The Balaban J connectivity index is 1.36. The lowest BCUT2D eigenvalue weighted by atomic mass is 10.1. The van der Waals surface area contributed by atoms with E-state index in [-0.39, 0.29) is 12.8 Å². The maximum Gasteiger partial charge on any atom is 0.321 e. The standard InChI is InChI=1S/C20H23N3O3/c1-2-15-5-3-4-6-17(15)22-9-11-23(12-10-22)20(24)21-16-7-8-18-19(13-16)26-14-25-18/h3-8,13H,2,9-12,14H2,1H3,(H,21,24). The summed E-state index contributed by atoms with van der Waals surface area (Å²) in [6.45, 7) is 5.49. The highest BCUT2D eigenvalue weighted by molar-refractivity contribution is 5.90. The van der Waals surface area contributed by atoms with Crippen LogP contribution in [-0.2, 0) is 6.42 Å². The van der Waals surface area contributed by atoms with Gasteiger partial charge in [0.1, 0.15) is 0 Å². The van der Waals surface area contributed by atoms with Crippen LogP contribution in [0, 0.1) is 0 Å². The number of benzene rings is 2. The van der Waals surface area contributed by atoms with Crippen molar-refractivity contribution < 1.29 is 14.3 Å². The molecule has 0 spiro atoms. The van der Waals surface area contributed by atoms with E-state index < -0.39 is 0 Å². The number of hydrogen-bond donors (Lipinski definition) is 1. The summed E-state index contributed by atoms with van der Waals surface area (Å²) in [5.41, 5.74) is 3.36. The van der Waals surface area contributed by atoms with Crippen molar-refractivity contribution in [3.05, 3.63) is 48.0 Å². The Hall–Kier alpha value is -2.89. The number of anilines is 2. The number of carbonyl (C=O) groups excluding carboxylic acids is 1. The molecule has 6 nitrogen and oxygen atoms in total. The zero-order chi connectivity index (χ0) is 17.9. The van der Waals surface area contributed by atoms with Crippen molar-refractivity contribution >= 4 is 17.4 Å². The number of fused-ring (bicyclic) bond motifs is 1. The summed E-state index contributed by atoms with van der Waals surface area (Å²) in [6.07, 6.45) is 1.01. The number of nitrogens with one attached hydrogen (secondary N) is 1. The molecule has 26 heavy (non-hydrogen) atoms. The molecule has 6 heteroatoms. The van der Waals surface area contributed by atoms with Gasteiger partial charge in [-0.15, -0.1) is 0 Å². The van der Waals surface area contributed by atoms with Gasteiger partial charge in [0.05, 0.1) is 0 Å². The molecule has 0 bridgehead atoms. The molecule has 2 aromatic rings. The highest BCUT2D eigenvalue weighted by atomic mass is 16.7. The Morgan fingerprint density at radius 3 is 2.62 bits per heavy atom. The molecule has 2 aliphatic heterocycles. The molecule has 2 heterocycles. The second-order valence-corrected chi connectivity index (χ2v) is 6.45. The number of ether oxygens (including phenoxy) is 2. The van der Waals surface area contributed by atoms with Crippen LogP contribution in [0.3, 0.4) is 0 Å². The summed E-state index contributed by atoms with van der Waals surface area (Å²) in [7, 11) is 0. The van der Waals surface area contributed by atoms with Gasteiger partial charge < -0.3 is 24.6 Å². The molecule has 2 aliphatic rings. The van der Waals surface area contributed by atoms with Gasteiger partial charge in [-0.2, -0.15) is 0 Å². The third-order valence-corrected chi connectivity index (χ3v) is 4.90. The predicted molar refractivity (Wildman–Crippen MR) is 101 cm³/mol. The zero-order valence-corrected chi connectivity index (χ0v) is 14.9. The summed E-state index contributed by atoms with van der Waals surface area (Å²) < 4.78 is 10.7. The number of hydrogen-bond acceptors (Lipinski definition) is 4. The highest BCUT2D eigenvalue weighted by Crippen LogP contribution is 2.34. The third kappa shape index (κ3) is 3.27. The van der Waals surface area contributed by atoms with Gasteiger partial charge in [-0.25, -0.2) is 4.79 Å². The molecule has 1 saturated heterocycles. The van der Waals surface area contributed by atoms with Crippen LogP contribution in [0.25, 0.3) is 0 Å². The first-order valence-corrected chi connectivity index (χ1v) is 9.03. The first-order chi connectivity index (χ1) is 12.7. The molecule has 0 aliphatic carbocycles. The van der Waals surface area contributed by atoms with Gasteiger partial charge in [-0.05, 0) is 30.2 Å². The van der Waals surface area contributed by atoms with Gasteiger partial charge >= 0.3 is 6.03 Å². The molecular weight excluding hydrogens is 330 g/mol. The second-order valence-electron chi connectivity index (χ2n) is 6.45. The fraction of sp³-hybridized carbons (Fsp3) is 0.350. The van der Waals surface area contributed by atoms with Crippen LogP contribution in [0.1, 0.15) is 12.5 Å². The molecular formula is C20H23N3O3. The van der Waals surface area contributed by atoms with Crippen LogP contribution in [0.15, 0.2) is 42.5 Å². The molecule has 0 aromatic heterocycles. The van der Waals surface area contributed by atoms with E-state index in [1.807, 2.05) is 17.0 Å². The lowest BCUT2D eigenvalue weighted by Gasteiger charge is -2.37. The normalized spacial score (nSPS) is 15.9. The van der Waals surface area contributed by atoms with Gasteiger partial charge in [0.2, 0.25) is 6.79 Å². The summed E-state index contributed by atoms with van der Waals surface area (Å²) in [5.74, 6) is 1.38. The molecule has 0 saturated carbocycles. The average Bonchev–Trinajstić information content (AvgIpc) is 3.16. The van der Waals surface area contributed by atoms with Crippen molar-refractivity contribution in [2.75, 3.05) is 43.2 Å². The zero-order valence-electron chi connectivity index (χ0n) is 14.9. The SMILES string of the molecule is CCc1ccccc1N1CCN(C(=O)Nc2ccc3c(c2)OCO3)CC1.